The van der Waals surface area contributed by atoms with Crippen LogP contribution in [0.1, 0.15) is 26.3 Å². The number of ether oxygens (including phenoxy) is 2. The summed E-state index contributed by atoms with van der Waals surface area (Å²) >= 11 is 0. The van der Waals surface area contributed by atoms with Crippen LogP contribution >= 0.6 is 0 Å². The zero-order valence-corrected chi connectivity index (χ0v) is 19.4. The predicted octanol–water partition coefficient (Wildman–Crippen LogP) is 4.30. The first-order valence-electron chi connectivity index (χ1n) is 11.2. The molecule has 1 aromatic heterocycles. The van der Waals surface area contributed by atoms with Gasteiger partial charge in [0.05, 0.1) is 18.9 Å². The van der Waals surface area contributed by atoms with E-state index in [-0.39, 0.29) is 17.9 Å². The lowest BCUT2D eigenvalue weighted by Gasteiger charge is -2.27. The Bertz CT molecular complexity index is 1050. The Kier molecular flexibility index (Phi) is 6.89. The summed E-state index contributed by atoms with van der Waals surface area (Å²) in [5.41, 5.74) is 3.72. The fraction of sp³-hybridized carbons (Fsp3) is 0.346. The molecule has 4 rings (SSSR count). The molecule has 0 atom stereocenters. The number of benzene rings is 2. The van der Waals surface area contributed by atoms with Gasteiger partial charge in [0, 0.05) is 24.3 Å². The van der Waals surface area contributed by atoms with Gasteiger partial charge in [-0.15, -0.1) is 10.2 Å². The first-order chi connectivity index (χ1) is 15.9. The first kappa shape index (κ1) is 22.7. The van der Waals surface area contributed by atoms with E-state index in [0.717, 1.165) is 30.2 Å². The van der Waals surface area contributed by atoms with Crippen LogP contribution in [0.4, 0.5) is 11.5 Å². The van der Waals surface area contributed by atoms with Gasteiger partial charge in [0.2, 0.25) is 0 Å². The van der Waals surface area contributed by atoms with Crippen molar-refractivity contribution in [2.24, 2.45) is 0 Å². The van der Waals surface area contributed by atoms with Gasteiger partial charge in [0.25, 0.3) is 5.91 Å². The van der Waals surface area contributed by atoms with Gasteiger partial charge in [-0.2, -0.15) is 0 Å². The van der Waals surface area contributed by atoms with E-state index in [0.29, 0.717) is 24.7 Å². The SMILES string of the molecule is CC(C)(C)c1ccc(OCC(=O)Nc2ccc(-c3ccc(N4CCOCC4)nn3)cc2)cc1. The maximum Gasteiger partial charge on any atom is 0.262 e. The summed E-state index contributed by atoms with van der Waals surface area (Å²) in [6.45, 7) is 9.52. The minimum absolute atomic E-state index is 0.0505. The molecule has 0 bridgehead atoms. The molecule has 2 heterocycles. The third kappa shape index (κ3) is 6.08. The molecule has 1 N–H and O–H groups in total. The number of amides is 1. The van der Waals surface area contributed by atoms with Crippen LogP contribution in [-0.4, -0.2) is 49.0 Å². The lowest BCUT2D eigenvalue weighted by atomic mass is 9.87. The zero-order valence-electron chi connectivity index (χ0n) is 19.4. The van der Waals surface area contributed by atoms with Crippen molar-refractivity contribution in [1.82, 2.24) is 10.2 Å². The van der Waals surface area contributed by atoms with Gasteiger partial charge in [-0.05, 0) is 47.4 Å². The predicted molar refractivity (Wildman–Crippen MR) is 130 cm³/mol. The molecule has 1 amide bonds. The Morgan fingerprint density at radius 1 is 0.970 bits per heavy atom. The Morgan fingerprint density at radius 3 is 2.27 bits per heavy atom. The molecular formula is C26H30N4O3. The summed E-state index contributed by atoms with van der Waals surface area (Å²) < 4.78 is 11.0. The lowest BCUT2D eigenvalue weighted by molar-refractivity contribution is -0.118. The summed E-state index contributed by atoms with van der Waals surface area (Å²) in [6, 6.07) is 19.3. The van der Waals surface area contributed by atoms with Crippen LogP contribution in [0.3, 0.4) is 0 Å². The van der Waals surface area contributed by atoms with Gasteiger partial charge in [0.15, 0.2) is 12.4 Å². The second-order valence-corrected chi connectivity index (χ2v) is 9.06. The van der Waals surface area contributed by atoms with E-state index < -0.39 is 0 Å². The summed E-state index contributed by atoms with van der Waals surface area (Å²) in [5, 5.41) is 11.6. The summed E-state index contributed by atoms with van der Waals surface area (Å²) in [4.78, 5) is 14.4. The molecule has 1 saturated heterocycles. The second-order valence-electron chi connectivity index (χ2n) is 9.06. The summed E-state index contributed by atoms with van der Waals surface area (Å²) in [7, 11) is 0. The van der Waals surface area contributed by atoms with Gasteiger partial charge in [-0.25, -0.2) is 0 Å². The highest BCUT2D eigenvalue weighted by molar-refractivity contribution is 5.92. The number of rotatable bonds is 6. The molecule has 33 heavy (non-hydrogen) atoms. The van der Waals surface area contributed by atoms with Crippen LogP contribution in [0.5, 0.6) is 5.75 Å². The van der Waals surface area contributed by atoms with Gasteiger partial charge >= 0.3 is 0 Å². The Morgan fingerprint density at radius 2 is 1.67 bits per heavy atom. The van der Waals surface area contributed by atoms with Crippen molar-refractivity contribution >= 4 is 17.4 Å². The van der Waals surface area contributed by atoms with Crippen molar-refractivity contribution in [1.29, 1.82) is 0 Å². The summed E-state index contributed by atoms with van der Waals surface area (Å²) in [6.07, 6.45) is 0. The largest absolute Gasteiger partial charge is 0.484 e. The van der Waals surface area contributed by atoms with E-state index in [1.165, 1.54) is 5.56 Å². The van der Waals surface area contributed by atoms with Crippen LogP contribution in [0, 0.1) is 0 Å². The fourth-order valence-corrected chi connectivity index (χ4v) is 3.56. The molecule has 7 nitrogen and oxygen atoms in total. The molecule has 1 aliphatic heterocycles. The maximum atomic E-state index is 12.3. The number of carbonyl (C=O) groups excluding carboxylic acids is 1. The van der Waals surface area contributed by atoms with Crippen molar-refractivity contribution in [3.05, 3.63) is 66.2 Å². The maximum absolute atomic E-state index is 12.3. The zero-order chi connectivity index (χ0) is 23.3. The van der Waals surface area contributed by atoms with Gasteiger partial charge in [0.1, 0.15) is 5.75 Å². The Hall–Kier alpha value is -3.45. The quantitative estimate of drug-likeness (QED) is 0.609. The molecule has 3 aromatic rings. The van der Waals surface area contributed by atoms with Crippen LogP contribution in [0.2, 0.25) is 0 Å². The topological polar surface area (TPSA) is 76.6 Å². The molecule has 0 radical (unpaired) electrons. The molecule has 172 valence electrons. The van der Waals surface area contributed by atoms with Gasteiger partial charge < -0.3 is 19.7 Å². The van der Waals surface area contributed by atoms with E-state index in [1.54, 1.807) is 0 Å². The highest BCUT2D eigenvalue weighted by Crippen LogP contribution is 2.24. The number of nitrogens with one attached hydrogen (secondary N) is 1. The minimum Gasteiger partial charge on any atom is -0.484 e. The van der Waals surface area contributed by atoms with Crippen LogP contribution < -0.4 is 15.0 Å². The van der Waals surface area contributed by atoms with E-state index in [2.05, 4.69) is 41.2 Å². The highest BCUT2D eigenvalue weighted by Gasteiger charge is 2.14. The average molecular weight is 447 g/mol. The average Bonchev–Trinajstić information content (AvgIpc) is 2.84. The molecule has 0 aliphatic carbocycles. The number of anilines is 2. The molecule has 0 spiro atoms. The Labute approximate surface area is 194 Å². The van der Waals surface area contributed by atoms with Gasteiger partial charge in [-0.1, -0.05) is 45.0 Å². The molecule has 1 fully saturated rings. The van der Waals surface area contributed by atoms with E-state index in [4.69, 9.17) is 9.47 Å². The first-order valence-corrected chi connectivity index (χ1v) is 11.2. The molecule has 1 aliphatic rings. The van der Waals surface area contributed by atoms with E-state index >= 15 is 0 Å². The highest BCUT2D eigenvalue weighted by atomic mass is 16.5. The second kappa shape index (κ2) is 10.0. The minimum atomic E-state index is -0.211. The summed E-state index contributed by atoms with van der Waals surface area (Å²) in [5.74, 6) is 1.32. The molecule has 0 saturated carbocycles. The Balaban J connectivity index is 1.29. The number of hydrogen-bond acceptors (Lipinski definition) is 6. The third-order valence-corrected chi connectivity index (χ3v) is 5.54. The van der Waals surface area contributed by atoms with Crippen LogP contribution in [0.25, 0.3) is 11.3 Å². The van der Waals surface area contributed by atoms with Crippen molar-refractivity contribution in [3.63, 3.8) is 0 Å². The van der Waals surface area contributed by atoms with Crippen molar-refractivity contribution in [2.45, 2.75) is 26.2 Å². The van der Waals surface area contributed by atoms with Crippen molar-refractivity contribution in [2.75, 3.05) is 43.1 Å². The number of aromatic nitrogens is 2. The standard InChI is InChI=1S/C26H30N4O3/c1-26(2,3)20-6-10-22(11-7-20)33-18-25(31)27-21-8-4-19(5-9-21)23-12-13-24(29-28-23)30-14-16-32-17-15-30/h4-13H,14-18H2,1-3H3,(H,27,31). The van der Waals surface area contributed by atoms with E-state index in [1.807, 2.05) is 60.7 Å². The van der Waals surface area contributed by atoms with Crippen LogP contribution in [0.15, 0.2) is 60.7 Å². The molecular weight excluding hydrogens is 416 g/mol. The number of nitrogens with zero attached hydrogens (tertiary/aromatic N) is 3. The van der Waals surface area contributed by atoms with Gasteiger partial charge in [-0.3, -0.25) is 4.79 Å². The van der Waals surface area contributed by atoms with Crippen molar-refractivity contribution in [3.8, 4) is 17.0 Å². The van der Waals surface area contributed by atoms with E-state index in [9.17, 15) is 4.79 Å². The monoisotopic (exact) mass is 446 g/mol. The number of morpholine rings is 1. The number of hydrogen-bond donors (Lipinski definition) is 1. The fourth-order valence-electron chi connectivity index (χ4n) is 3.56. The lowest BCUT2D eigenvalue weighted by Crippen LogP contribution is -2.36. The molecule has 0 unspecified atom stereocenters. The number of carbonyl (C=O) groups is 1. The molecule has 2 aromatic carbocycles. The third-order valence-electron chi connectivity index (χ3n) is 5.54. The van der Waals surface area contributed by atoms with Crippen LogP contribution in [-0.2, 0) is 14.9 Å². The molecule has 7 heteroatoms. The smallest absolute Gasteiger partial charge is 0.262 e. The van der Waals surface area contributed by atoms with Crippen molar-refractivity contribution < 1.29 is 14.3 Å². The normalized spacial score (nSPS) is 14.1.